The number of nitrogens with one attached hydrogen (secondary N) is 1. The molecule has 0 saturated heterocycles. The molecule has 0 saturated carbocycles. The van der Waals surface area contributed by atoms with Gasteiger partial charge in [0.25, 0.3) is 5.91 Å². The lowest BCUT2D eigenvalue weighted by molar-refractivity contribution is 0.0985. The zero-order valence-corrected chi connectivity index (χ0v) is 17.0. The summed E-state index contributed by atoms with van der Waals surface area (Å²) in [4.78, 5) is 22.4. The third kappa shape index (κ3) is 4.06. The Morgan fingerprint density at radius 3 is 2.59 bits per heavy atom. The van der Waals surface area contributed by atoms with Gasteiger partial charge in [0.05, 0.1) is 31.0 Å². The second kappa shape index (κ2) is 8.15. The first-order chi connectivity index (χ1) is 14.0. The average Bonchev–Trinajstić information content (AvgIpc) is 3.19. The third-order valence-corrected chi connectivity index (χ3v) is 5.03. The molecule has 5 nitrogen and oxygen atoms in total. The molecule has 1 amide bonds. The molecule has 0 bridgehead atoms. The molecule has 0 aliphatic carbocycles. The number of anilines is 1. The fourth-order valence-corrected chi connectivity index (χ4v) is 3.72. The minimum absolute atomic E-state index is 0.189. The highest BCUT2D eigenvalue weighted by Gasteiger charge is 2.21. The second-order valence-corrected chi connectivity index (χ2v) is 7.34. The molecule has 0 atom stereocenters. The topological polar surface area (TPSA) is 58.2 Å². The number of imidazole rings is 1. The molecule has 29 heavy (non-hydrogen) atoms. The van der Waals surface area contributed by atoms with E-state index in [1.165, 1.54) is 0 Å². The molecule has 146 valence electrons. The lowest BCUT2D eigenvalue weighted by Gasteiger charge is -2.24. The van der Waals surface area contributed by atoms with Crippen LogP contribution in [-0.4, -0.2) is 23.0 Å². The summed E-state index contributed by atoms with van der Waals surface area (Å²) in [6.45, 7) is 0.292. The summed E-state index contributed by atoms with van der Waals surface area (Å²) in [7, 11) is 1.60. The van der Waals surface area contributed by atoms with Gasteiger partial charge in [0, 0.05) is 26.9 Å². The number of para-hydroxylation sites is 1. The van der Waals surface area contributed by atoms with E-state index in [9.17, 15) is 4.79 Å². The highest BCUT2D eigenvalue weighted by atomic mass is 35.5. The Bertz CT molecular complexity index is 1170. The number of rotatable bonds is 5. The summed E-state index contributed by atoms with van der Waals surface area (Å²) in [5, 5.41) is 0.906. The standard InChI is InChI=1S/C22H17Cl2N3O2/c1-29-21-5-3-2-4-15(21)12-27(18-10-16(23)9-17(24)11-18)22(28)14-6-7-19-20(8-14)26-13-25-19/h2-11,13H,12H2,1H3,(H,25,26). The Kier molecular flexibility index (Phi) is 5.43. The summed E-state index contributed by atoms with van der Waals surface area (Å²) < 4.78 is 5.46. The van der Waals surface area contributed by atoms with Crippen LogP contribution in [0.4, 0.5) is 5.69 Å². The van der Waals surface area contributed by atoms with Gasteiger partial charge in [-0.15, -0.1) is 0 Å². The zero-order valence-electron chi connectivity index (χ0n) is 15.5. The normalized spacial score (nSPS) is 10.9. The summed E-state index contributed by atoms with van der Waals surface area (Å²) >= 11 is 12.4. The maximum Gasteiger partial charge on any atom is 0.258 e. The lowest BCUT2D eigenvalue weighted by atomic mass is 10.1. The van der Waals surface area contributed by atoms with Crippen molar-refractivity contribution in [1.29, 1.82) is 0 Å². The van der Waals surface area contributed by atoms with E-state index in [1.54, 1.807) is 48.7 Å². The minimum Gasteiger partial charge on any atom is -0.496 e. The predicted octanol–water partition coefficient (Wildman–Crippen LogP) is 5.73. The molecule has 0 aliphatic rings. The fourth-order valence-electron chi connectivity index (χ4n) is 3.20. The molecule has 0 fully saturated rings. The average molecular weight is 426 g/mol. The van der Waals surface area contributed by atoms with Crippen LogP contribution in [0.3, 0.4) is 0 Å². The van der Waals surface area contributed by atoms with Gasteiger partial charge in [0.15, 0.2) is 0 Å². The first kappa shape index (κ1) is 19.3. The predicted molar refractivity (Wildman–Crippen MR) is 116 cm³/mol. The van der Waals surface area contributed by atoms with Crippen molar-refractivity contribution in [3.8, 4) is 5.75 Å². The summed E-state index contributed by atoms with van der Waals surface area (Å²) in [6.07, 6.45) is 1.60. The van der Waals surface area contributed by atoms with Crippen molar-refractivity contribution < 1.29 is 9.53 Å². The van der Waals surface area contributed by atoms with Gasteiger partial charge in [-0.2, -0.15) is 0 Å². The molecule has 1 heterocycles. The van der Waals surface area contributed by atoms with Gasteiger partial charge in [-0.3, -0.25) is 4.79 Å². The molecule has 0 radical (unpaired) electrons. The summed E-state index contributed by atoms with van der Waals surface area (Å²) in [5.74, 6) is 0.508. The number of methoxy groups -OCH3 is 1. The molecule has 0 aliphatic heterocycles. The van der Waals surface area contributed by atoms with Gasteiger partial charge < -0.3 is 14.6 Å². The molecule has 0 spiro atoms. The Morgan fingerprint density at radius 2 is 1.83 bits per heavy atom. The van der Waals surface area contributed by atoms with E-state index in [2.05, 4.69) is 9.97 Å². The Balaban J connectivity index is 1.79. The van der Waals surface area contributed by atoms with Crippen LogP contribution in [-0.2, 0) is 6.54 Å². The van der Waals surface area contributed by atoms with Crippen LogP contribution in [0.15, 0.2) is 67.0 Å². The lowest BCUT2D eigenvalue weighted by Crippen LogP contribution is -2.30. The van der Waals surface area contributed by atoms with Crippen molar-refractivity contribution in [1.82, 2.24) is 9.97 Å². The van der Waals surface area contributed by atoms with E-state index in [0.717, 1.165) is 16.6 Å². The number of hydrogen-bond donors (Lipinski definition) is 1. The first-order valence-corrected chi connectivity index (χ1v) is 9.64. The molecule has 3 aromatic carbocycles. The quantitative estimate of drug-likeness (QED) is 0.444. The van der Waals surface area contributed by atoms with Crippen LogP contribution in [0.1, 0.15) is 15.9 Å². The number of carbonyl (C=O) groups excluding carboxylic acids is 1. The van der Waals surface area contributed by atoms with Crippen molar-refractivity contribution in [2.75, 3.05) is 12.0 Å². The number of ether oxygens (including phenoxy) is 1. The van der Waals surface area contributed by atoms with Gasteiger partial charge in [-0.05, 0) is 42.5 Å². The summed E-state index contributed by atoms with van der Waals surface area (Å²) in [6, 6.07) is 18.0. The van der Waals surface area contributed by atoms with Gasteiger partial charge >= 0.3 is 0 Å². The van der Waals surface area contributed by atoms with Gasteiger partial charge in [0.1, 0.15) is 5.75 Å². The van der Waals surface area contributed by atoms with E-state index in [4.69, 9.17) is 27.9 Å². The van der Waals surface area contributed by atoms with Crippen LogP contribution in [0, 0.1) is 0 Å². The molecular weight excluding hydrogens is 409 g/mol. The van der Waals surface area contributed by atoms with Crippen LogP contribution in [0.2, 0.25) is 10.0 Å². The van der Waals surface area contributed by atoms with Crippen LogP contribution in [0.25, 0.3) is 11.0 Å². The highest BCUT2D eigenvalue weighted by Crippen LogP contribution is 2.30. The number of carbonyl (C=O) groups is 1. The highest BCUT2D eigenvalue weighted by molar-refractivity contribution is 6.35. The van der Waals surface area contributed by atoms with Gasteiger partial charge in [-0.1, -0.05) is 41.4 Å². The minimum atomic E-state index is -0.189. The van der Waals surface area contributed by atoms with Crippen LogP contribution < -0.4 is 9.64 Å². The molecule has 0 unspecified atom stereocenters. The van der Waals surface area contributed by atoms with E-state index in [0.29, 0.717) is 33.6 Å². The number of fused-ring (bicyclic) bond motifs is 1. The number of benzene rings is 3. The van der Waals surface area contributed by atoms with Crippen molar-refractivity contribution in [2.24, 2.45) is 0 Å². The second-order valence-electron chi connectivity index (χ2n) is 6.47. The van der Waals surface area contributed by atoms with Gasteiger partial charge in [-0.25, -0.2) is 4.98 Å². The summed E-state index contributed by atoms with van der Waals surface area (Å²) in [5.41, 5.74) is 3.57. The molecular formula is C22H17Cl2N3O2. The monoisotopic (exact) mass is 425 g/mol. The number of amides is 1. The Hall–Kier alpha value is -3.02. The van der Waals surface area contributed by atoms with E-state index in [1.807, 2.05) is 30.3 Å². The van der Waals surface area contributed by atoms with E-state index >= 15 is 0 Å². The maximum absolute atomic E-state index is 13.5. The maximum atomic E-state index is 13.5. The largest absolute Gasteiger partial charge is 0.496 e. The van der Waals surface area contributed by atoms with Crippen molar-refractivity contribution >= 4 is 45.8 Å². The smallest absolute Gasteiger partial charge is 0.258 e. The number of nitrogens with zero attached hydrogens (tertiary/aromatic N) is 2. The SMILES string of the molecule is COc1ccccc1CN(C(=O)c1ccc2nc[nH]c2c1)c1cc(Cl)cc(Cl)c1. The van der Waals surface area contributed by atoms with Crippen LogP contribution >= 0.6 is 23.2 Å². The van der Waals surface area contributed by atoms with Crippen LogP contribution in [0.5, 0.6) is 5.75 Å². The number of halogens is 2. The number of H-pyrrole nitrogens is 1. The van der Waals surface area contributed by atoms with E-state index in [-0.39, 0.29) is 5.91 Å². The van der Waals surface area contributed by atoms with Crippen molar-refractivity contribution in [2.45, 2.75) is 6.54 Å². The molecule has 7 heteroatoms. The zero-order chi connectivity index (χ0) is 20.4. The van der Waals surface area contributed by atoms with Crippen molar-refractivity contribution in [3.63, 3.8) is 0 Å². The number of aromatic amines is 1. The van der Waals surface area contributed by atoms with Crippen molar-refractivity contribution in [3.05, 3.63) is 88.2 Å². The molecule has 1 N–H and O–H groups in total. The fraction of sp³-hybridized carbons (Fsp3) is 0.0909. The molecule has 4 rings (SSSR count). The number of hydrogen-bond acceptors (Lipinski definition) is 3. The molecule has 4 aromatic rings. The van der Waals surface area contributed by atoms with Gasteiger partial charge in [0.2, 0.25) is 0 Å². The first-order valence-electron chi connectivity index (χ1n) is 8.88. The Labute approximate surface area is 177 Å². The number of aromatic nitrogens is 2. The van der Waals surface area contributed by atoms with E-state index < -0.39 is 0 Å². The Morgan fingerprint density at radius 1 is 1.07 bits per heavy atom. The third-order valence-electron chi connectivity index (χ3n) is 4.59. The molecule has 1 aromatic heterocycles.